The number of para-hydroxylation sites is 2. The van der Waals surface area contributed by atoms with Crippen LogP contribution in [0.1, 0.15) is 24.2 Å². The van der Waals surface area contributed by atoms with E-state index in [1.54, 1.807) is 11.1 Å². The first kappa shape index (κ1) is 23.5. The van der Waals surface area contributed by atoms with E-state index >= 15 is 0 Å². The van der Waals surface area contributed by atoms with Crippen molar-refractivity contribution in [1.29, 1.82) is 0 Å². The molecular formula is C22H31N5O5S. The molecule has 0 radical (unpaired) electrons. The molecule has 11 heteroatoms. The highest BCUT2D eigenvalue weighted by Crippen LogP contribution is 2.30. The Morgan fingerprint density at radius 2 is 1.76 bits per heavy atom. The minimum absolute atomic E-state index is 0.128. The van der Waals surface area contributed by atoms with Gasteiger partial charge in [-0.2, -0.15) is 9.40 Å². The normalized spacial score (nSPS) is 17.9. The third-order valence-corrected chi connectivity index (χ3v) is 7.74. The molecule has 0 atom stereocenters. The first-order valence-corrected chi connectivity index (χ1v) is 12.8. The zero-order chi connectivity index (χ0) is 23.4. The highest BCUT2D eigenvalue weighted by Gasteiger charge is 2.36. The number of ether oxygens (including phenoxy) is 2. The molecular weight excluding hydrogens is 446 g/mol. The molecule has 0 bridgehead atoms. The number of aromatic nitrogens is 2. The lowest BCUT2D eigenvalue weighted by Crippen LogP contribution is -2.49. The highest BCUT2D eigenvalue weighted by atomic mass is 32.2. The van der Waals surface area contributed by atoms with Gasteiger partial charge in [-0.25, -0.2) is 8.42 Å². The van der Waals surface area contributed by atoms with Crippen molar-refractivity contribution in [1.82, 2.24) is 19.0 Å². The van der Waals surface area contributed by atoms with Gasteiger partial charge in [0.1, 0.15) is 5.75 Å². The summed E-state index contributed by atoms with van der Waals surface area (Å²) < 4.78 is 41.1. The summed E-state index contributed by atoms with van der Waals surface area (Å²) in [6, 6.07) is 7.77. The SMILES string of the molecule is CCOc1ccccc1N1CCN(S(=O)(=O)c2nn(CC)cc2C(=O)N2CCOCC2)CC1. The van der Waals surface area contributed by atoms with Crippen LogP contribution in [0.25, 0.3) is 0 Å². The predicted octanol–water partition coefficient (Wildman–Crippen LogP) is 1.29. The van der Waals surface area contributed by atoms with Gasteiger partial charge in [0.15, 0.2) is 0 Å². The number of rotatable bonds is 7. The quantitative estimate of drug-likeness (QED) is 0.593. The summed E-state index contributed by atoms with van der Waals surface area (Å²) in [4.78, 5) is 16.9. The maximum Gasteiger partial charge on any atom is 0.263 e. The number of morpholine rings is 1. The molecule has 10 nitrogen and oxygen atoms in total. The Labute approximate surface area is 194 Å². The molecule has 2 saturated heterocycles. The van der Waals surface area contributed by atoms with Crippen LogP contribution in [0.15, 0.2) is 35.5 Å². The molecule has 180 valence electrons. The largest absolute Gasteiger partial charge is 0.492 e. The Morgan fingerprint density at radius 1 is 1.06 bits per heavy atom. The summed E-state index contributed by atoms with van der Waals surface area (Å²) in [5, 5.41) is 4.12. The van der Waals surface area contributed by atoms with Crippen molar-refractivity contribution in [3.8, 4) is 5.75 Å². The second-order valence-electron chi connectivity index (χ2n) is 7.90. The van der Waals surface area contributed by atoms with Crippen molar-refractivity contribution in [2.45, 2.75) is 25.4 Å². The number of hydrogen-bond acceptors (Lipinski definition) is 7. The van der Waals surface area contributed by atoms with Crippen LogP contribution in [0.3, 0.4) is 0 Å². The highest BCUT2D eigenvalue weighted by molar-refractivity contribution is 7.89. The van der Waals surface area contributed by atoms with Gasteiger partial charge in [-0.1, -0.05) is 12.1 Å². The average molecular weight is 478 g/mol. The first-order chi connectivity index (χ1) is 16.0. The van der Waals surface area contributed by atoms with E-state index in [0.717, 1.165) is 11.4 Å². The van der Waals surface area contributed by atoms with Crippen molar-refractivity contribution < 1.29 is 22.7 Å². The van der Waals surface area contributed by atoms with Crippen LogP contribution in [-0.4, -0.2) is 92.4 Å². The number of benzene rings is 1. The fourth-order valence-corrected chi connectivity index (χ4v) is 5.64. The van der Waals surface area contributed by atoms with Gasteiger partial charge in [0, 0.05) is 52.0 Å². The smallest absolute Gasteiger partial charge is 0.263 e. The minimum Gasteiger partial charge on any atom is -0.492 e. The molecule has 1 aromatic carbocycles. The number of carbonyl (C=O) groups excluding carboxylic acids is 1. The molecule has 2 aliphatic rings. The Morgan fingerprint density at radius 3 is 2.42 bits per heavy atom. The molecule has 0 N–H and O–H groups in total. The number of sulfonamides is 1. The van der Waals surface area contributed by atoms with Crippen molar-refractivity contribution >= 4 is 21.6 Å². The third-order valence-electron chi connectivity index (χ3n) is 5.91. The topological polar surface area (TPSA) is 97.2 Å². The summed E-state index contributed by atoms with van der Waals surface area (Å²) in [6.45, 7) is 8.23. The van der Waals surface area contributed by atoms with Crippen molar-refractivity contribution in [2.75, 3.05) is 64.0 Å². The molecule has 2 aliphatic heterocycles. The number of hydrogen-bond donors (Lipinski definition) is 0. The molecule has 3 heterocycles. The Kier molecular flexibility index (Phi) is 7.20. The Balaban J connectivity index is 1.54. The van der Waals surface area contributed by atoms with Gasteiger partial charge < -0.3 is 19.3 Å². The third kappa shape index (κ3) is 4.85. The summed E-state index contributed by atoms with van der Waals surface area (Å²) >= 11 is 0. The van der Waals surface area contributed by atoms with Gasteiger partial charge >= 0.3 is 0 Å². The van der Waals surface area contributed by atoms with Crippen molar-refractivity contribution in [2.24, 2.45) is 0 Å². The molecule has 0 unspecified atom stereocenters. The second kappa shape index (κ2) is 10.1. The Bertz CT molecular complexity index is 1070. The summed E-state index contributed by atoms with van der Waals surface area (Å²) in [7, 11) is -3.93. The first-order valence-electron chi connectivity index (χ1n) is 11.4. The van der Waals surface area contributed by atoms with E-state index < -0.39 is 10.0 Å². The fraction of sp³-hybridized carbons (Fsp3) is 0.545. The second-order valence-corrected chi connectivity index (χ2v) is 9.75. The molecule has 0 aliphatic carbocycles. The summed E-state index contributed by atoms with van der Waals surface area (Å²) in [6.07, 6.45) is 1.54. The van der Waals surface area contributed by atoms with Gasteiger partial charge in [0.05, 0.1) is 31.1 Å². The zero-order valence-electron chi connectivity index (χ0n) is 19.1. The van der Waals surface area contributed by atoms with Gasteiger partial charge in [-0.15, -0.1) is 0 Å². The van der Waals surface area contributed by atoms with Crippen LogP contribution in [0.2, 0.25) is 0 Å². The lowest BCUT2D eigenvalue weighted by molar-refractivity contribution is 0.0300. The number of anilines is 1. The van der Waals surface area contributed by atoms with Gasteiger partial charge in [0.2, 0.25) is 5.03 Å². The van der Waals surface area contributed by atoms with Gasteiger partial charge in [-0.05, 0) is 26.0 Å². The van der Waals surface area contributed by atoms with E-state index in [4.69, 9.17) is 9.47 Å². The molecule has 2 aromatic rings. The predicted molar refractivity (Wildman–Crippen MR) is 123 cm³/mol. The van der Waals surface area contributed by atoms with E-state index in [1.165, 1.54) is 8.99 Å². The van der Waals surface area contributed by atoms with Gasteiger partial charge in [0.25, 0.3) is 15.9 Å². The maximum absolute atomic E-state index is 13.5. The molecule has 0 spiro atoms. The van der Waals surface area contributed by atoms with Crippen LogP contribution in [0.4, 0.5) is 5.69 Å². The van der Waals surface area contributed by atoms with E-state index in [-0.39, 0.29) is 16.5 Å². The molecule has 2 fully saturated rings. The zero-order valence-corrected chi connectivity index (χ0v) is 20.0. The minimum atomic E-state index is -3.93. The van der Waals surface area contributed by atoms with Crippen LogP contribution in [-0.2, 0) is 21.3 Å². The number of aryl methyl sites for hydroxylation is 1. The van der Waals surface area contributed by atoms with Crippen LogP contribution < -0.4 is 9.64 Å². The van der Waals surface area contributed by atoms with Gasteiger partial charge in [-0.3, -0.25) is 9.48 Å². The lowest BCUT2D eigenvalue weighted by Gasteiger charge is -2.35. The van der Waals surface area contributed by atoms with E-state index in [0.29, 0.717) is 65.6 Å². The maximum atomic E-state index is 13.5. The van der Waals surface area contributed by atoms with Crippen LogP contribution >= 0.6 is 0 Å². The van der Waals surface area contributed by atoms with E-state index in [9.17, 15) is 13.2 Å². The number of nitrogens with zero attached hydrogens (tertiary/aromatic N) is 5. The number of carbonyl (C=O) groups is 1. The number of amides is 1. The standard InChI is InChI=1S/C22H31N5O5S/c1-3-26-17-18(22(28)25-13-15-31-16-14-25)21(23-26)33(29,30)27-11-9-24(10-12-27)19-7-5-6-8-20(19)32-4-2/h5-8,17H,3-4,9-16H2,1-2H3. The molecule has 33 heavy (non-hydrogen) atoms. The summed E-state index contributed by atoms with van der Waals surface area (Å²) in [5.41, 5.74) is 1.08. The van der Waals surface area contributed by atoms with Crippen molar-refractivity contribution in [3.63, 3.8) is 0 Å². The van der Waals surface area contributed by atoms with Crippen LogP contribution in [0.5, 0.6) is 5.75 Å². The van der Waals surface area contributed by atoms with Crippen LogP contribution in [0, 0.1) is 0 Å². The summed E-state index contributed by atoms with van der Waals surface area (Å²) in [5.74, 6) is 0.470. The fourth-order valence-electron chi connectivity index (χ4n) is 4.13. The molecule has 1 amide bonds. The lowest BCUT2D eigenvalue weighted by atomic mass is 10.2. The number of piperazine rings is 1. The van der Waals surface area contributed by atoms with E-state index in [1.807, 2.05) is 38.1 Å². The van der Waals surface area contributed by atoms with Crippen molar-refractivity contribution in [3.05, 3.63) is 36.0 Å². The average Bonchev–Trinajstić information content (AvgIpc) is 3.30. The Hall–Kier alpha value is -2.63. The molecule has 1 aromatic heterocycles. The van der Waals surface area contributed by atoms with E-state index in [2.05, 4.69) is 10.00 Å². The molecule has 0 saturated carbocycles. The molecule has 4 rings (SSSR count). The monoisotopic (exact) mass is 477 g/mol.